The number of amides is 1. The smallest absolute Gasteiger partial charge is 0.250 e. The van der Waals surface area contributed by atoms with Crippen LogP contribution in [0, 0.1) is 11.3 Å². The number of nitrogens with one attached hydrogen (secondary N) is 1. The lowest BCUT2D eigenvalue weighted by Crippen LogP contribution is -2.36. The number of carbonyl (C=O) groups excluding carboxylic acids is 1. The van der Waals surface area contributed by atoms with Crippen LogP contribution in [0.25, 0.3) is 5.69 Å². The number of aromatic nitrogens is 2. The molecule has 22 heavy (non-hydrogen) atoms. The minimum Gasteiger partial charge on any atom is -0.368 e. The number of hydrogen-bond donors (Lipinski definition) is 1. The van der Waals surface area contributed by atoms with Crippen molar-refractivity contribution in [3.63, 3.8) is 0 Å². The first kappa shape index (κ1) is 14.3. The molecule has 0 spiro atoms. The molecule has 0 aliphatic carbocycles. The van der Waals surface area contributed by atoms with Gasteiger partial charge in [-0.05, 0) is 25.0 Å². The number of hydrogen-bond acceptors (Lipinski definition) is 4. The summed E-state index contributed by atoms with van der Waals surface area (Å²) in [5.74, 6) is -0.239. The summed E-state index contributed by atoms with van der Waals surface area (Å²) in [6, 6.07) is 11.0. The number of carbonyl (C=O) groups is 1. The van der Waals surface area contributed by atoms with Gasteiger partial charge in [0.05, 0.1) is 18.0 Å². The van der Waals surface area contributed by atoms with Crippen LogP contribution in [0.2, 0.25) is 0 Å². The molecule has 0 radical (unpaired) electrons. The van der Waals surface area contributed by atoms with Crippen molar-refractivity contribution in [1.82, 2.24) is 15.1 Å². The van der Waals surface area contributed by atoms with E-state index >= 15 is 0 Å². The molecule has 0 bridgehead atoms. The molecule has 1 aliphatic heterocycles. The lowest BCUT2D eigenvalue weighted by molar-refractivity contribution is -0.130. The monoisotopic (exact) mass is 296 g/mol. The Morgan fingerprint density at radius 1 is 1.45 bits per heavy atom. The second-order valence-electron chi connectivity index (χ2n) is 5.13. The van der Waals surface area contributed by atoms with Crippen LogP contribution in [-0.4, -0.2) is 28.4 Å². The highest BCUT2D eigenvalue weighted by Crippen LogP contribution is 2.17. The molecule has 1 saturated heterocycles. The minimum atomic E-state index is -0.728. The molecular weight excluding hydrogens is 280 g/mol. The maximum absolute atomic E-state index is 12.1. The lowest BCUT2D eigenvalue weighted by atomic mass is 10.1. The third-order valence-electron chi connectivity index (χ3n) is 3.59. The maximum atomic E-state index is 12.1. The van der Waals surface area contributed by atoms with Gasteiger partial charge in [0, 0.05) is 18.4 Å². The van der Waals surface area contributed by atoms with Crippen molar-refractivity contribution in [2.45, 2.75) is 25.0 Å². The molecule has 112 valence electrons. The summed E-state index contributed by atoms with van der Waals surface area (Å²) in [6.45, 7) is 0.598. The first-order valence-corrected chi connectivity index (χ1v) is 7.19. The average Bonchev–Trinajstić information content (AvgIpc) is 3.24. The second kappa shape index (κ2) is 6.41. The van der Waals surface area contributed by atoms with Gasteiger partial charge < -0.3 is 10.1 Å². The van der Waals surface area contributed by atoms with Crippen LogP contribution in [0.1, 0.15) is 24.4 Å². The standard InChI is InChI=1S/C16H16N4O2/c17-9-14(19-16(21)15-7-4-8-22-15)12-10-18-20(11-12)13-5-2-1-3-6-13/h1-3,5-6,10-11,14-15H,4,7-8H2,(H,19,21)/t14-,15-/m1/s1. The Labute approximate surface area is 128 Å². The quantitative estimate of drug-likeness (QED) is 0.931. The highest BCUT2D eigenvalue weighted by atomic mass is 16.5. The molecule has 2 atom stereocenters. The molecule has 1 aliphatic rings. The summed E-state index contributed by atoms with van der Waals surface area (Å²) in [4.78, 5) is 12.1. The molecule has 0 unspecified atom stereocenters. The summed E-state index contributed by atoms with van der Waals surface area (Å²) in [6.07, 6.45) is 4.48. The average molecular weight is 296 g/mol. The van der Waals surface area contributed by atoms with E-state index in [1.165, 1.54) is 0 Å². The first-order chi connectivity index (χ1) is 10.8. The van der Waals surface area contributed by atoms with Crippen molar-refractivity contribution in [2.75, 3.05) is 6.61 Å². The Morgan fingerprint density at radius 2 is 2.27 bits per heavy atom. The third-order valence-corrected chi connectivity index (χ3v) is 3.59. The largest absolute Gasteiger partial charge is 0.368 e. The molecule has 1 fully saturated rings. The maximum Gasteiger partial charge on any atom is 0.250 e. The topological polar surface area (TPSA) is 79.9 Å². The fourth-order valence-corrected chi connectivity index (χ4v) is 2.42. The van der Waals surface area contributed by atoms with Gasteiger partial charge in [-0.1, -0.05) is 18.2 Å². The SMILES string of the molecule is N#C[C@@H](NC(=O)[C@H]1CCCO1)c1cnn(-c2ccccc2)c1. The fourth-order valence-electron chi connectivity index (χ4n) is 2.42. The fraction of sp³-hybridized carbons (Fsp3) is 0.312. The number of rotatable bonds is 4. The van der Waals surface area contributed by atoms with Gasteiger partial charge in [0.15, 0.2) is 0 Å². The van der Waals surface area contributed by atoms with E-state index in [2.05, 4.69) is 16.5 Å². The Balaban J connectivity index is 1.73. The number of nitrogens with zero attached hydrogens (tertiary/aromatic N) is 3. The van der Waals surface area contributed by atoms with Gasteiger partial charge in [0.2, 0.25) is 5.91 Å². The molecule has 2 heterocycles. The molecule has 0 saturated carbocycles. The zero-order valence-corrected chi connectivity index (χ0v) is 12.0. The van der Waals surface area contributed by atoms with Crippen molar-refractivity contribution >= 4 is 5.91 Å². The molecule has 6 nitrogen and oxygen atoms in total. The Morgan fingerprint density at radius 3 is 2.95 bits per heavy atom. The highest BCUT2D eigenvalue weighted by molar-refractivity contribution is 5.81. The van der Waals surface area contributed by atoms with Gasteiger partial charge in [-0.2, -0.15) is 10.4 Å². The summed E-state index contributed by atoms with van der Waals surface area (Å²) >= 11 is 0. The normalized spacial score (nSPS) is 18.6. The van der Waals surface area contributed by atoms with E-state index in [9.17, 15) is 10.1 Å². The molecule has 1 aromatic carbocycles. The summed E-state index contributed by atoms with van der Waals surface area (Å²) in [7, 11) is 0. The van der Waals surface area contributed by atoms with Gasteiger partial charge in [-0.3, -0.25) is 4.79 Å². The van der Waals surface area contributed by atoms with Crippen LogP contribution in [0.15, 0.2) is 42.7 Å². The van der Waals surface area contributed by atoms with E-state index in [0.717, 1.165) is 12.1 Å². The molecule has 1 N–H and O–H groups in total. The molecule has 6 heteroatoms. The van der Waals surface area contributed by atoms with Gasteiger partial charge in [0.1, 0.15) is 12.1 Å². The molecular formula is C16H16N4O2. The van der Waals surface area contributed by atoms with Crippen LogP contribution < -0.4 is 5.32 Å². The summed E-state index contributed by atoms with van der Waals surface area (Å²) in [5.41, 5.74) is 1.55. The van der Waals surface area contributed by atoms with Crippen LogP contribution in [0.4, 0.5) is 0 Å². The number of nitriles is 1. The van der Waals surface area contributed by atoms with Crippen LogP contribution in [-0.2, 0) is 9.53 Å². The van der Waals surface area contributed by atoms with Crippen molar-refractivity contribution < 1.29 is 9.53 Å². The van der Waals surface area contributed by atoms with E-state index < -0.39 is 12.1 Å². The zero-order chi connectivity index (χ0) is 15.4. The van der Waals surface area contributed by atoms with Crippen LogP contribution in [0.5, 0.6) is 0 Å². The molecule has 2 aromatic rings. The van der Waals surface area contributed by atoms with Gasteiger partial charge in [0.25, 0.3) is 0 Å². The summed E-state index contributed by atoms with van der Waals surface area (Å²) < 4.78 is 7.01. The van der Waals surface area contributed by atoms with E-state index in [-0.39, 0.29) is 5.91 Å². The van der Waals surface area contributed by atoms with Crippen molar-refractivity contribution in [2.24, 2.45) is 0 Å². The first-order valence-electron chi connectivity index (χ1n) is 7.19. The highest BCUT2D eigenvalue weighted by Gasteiger charge is 2.26. The van der Waals surface area contributed by atoms with Crippen molar-refractivity contribution in [3.05, 3.63) is 48.3 Å². The molecule has 3 rings (SSSR count). The number of para-hydroxylation sites is 1. The zero-order valence-electron chi connectivity index (χ0n) is 12.0. The van der Waals surface area contributed by atoms with E-state index in [4.69, 9.17) is 4.74 Å². The lowest BCUT2D eigenvalue weighted by Gasteiger charge is -2.13. The van der Waals surface area contributed by atoms with Gasteiger partial charge in [-0.25, -0.2) is 4.68 Å². The third kappa shape index (κ3) is 3.00. The second-order valence-corrected chi connectivity index (χ2v) is 5.13. The van der Waals surface area contributed by atoms with E-state index in [1.54, 1.807) is 17.1 Å². The van der Waals surface area contributed by atoms with Crippen molar-refractivity contribution in [1.29, 1.82) is 5.26 Å². The van der Waals surface area contributed by atoms with Crippen molar-refractivity contribution in [3.8, 4) is 11.8 Å². The Kier molecular flexibility index (Phi) is 4.17. The van der Waals surface area contributed by atoms with E-state index in [0.29, 0.717) is 18.6 Å². The van der Waals surface area contributed by atoms with Crippen LogP contribution in [0.3, 0.4) is 0 Å². The Bertz CT molecular complexity index is 684. The molecule has 1 amide bonds. The predicted molar refractivity (Wildman–Crippen MR) is 79.0 cm³/mol. The number of ether oxygens (including phenoxy) is 1. The molecule has 1 aromatic heterocycles. The van der Waals surface area contributed by atoms with Gasteiger partial charge >= 0.3 is 0 Å². The number of benzene rings is 1. The van der Waals surface area contributed by atoms with E-state index in [1.807, 2.05) is 30.3 Å². The van der Waals surface area contributed by atoms with Gasteiger partial charge in [-0.15, -0.1) is 0 Å². The summed E-state index contributed by atoms with van der Waals surface area (Å²) in [5, 5.41) is 16.3. The van der Waals surface area contributed by atoms with Crippen LogP contribution >= 0.6 is 0 Å². The minimum absolute atomic E-state index is 0.239. The Hall–Kier alpha value is -2.65. The predicted octanol–water partition coefficient (Wildman–Crippen LogP) is 1.73.